The van der Waals surface area contributed by atoms with Gasteiger partial charge in [-0.25, -0.2) is 0 Å². The van der Waals surface area contributed by atoms with Gasteiger partial charge in [0.1, 0.15) is 12.2 Å². The monoisotopic (exact) mass is 375 g/mol. The second kappa shape index (κ2) is 7.49. The van der Waals surface area contributed by atoms with Crippen LogP contribution in [-0.4, -0.2) is 74.3 Å². The molecular weight excluding hydrogens is 346 g/mol. The molecule has 2 bridgehead atoms. The van der Waals surface area contributed by atoms with Crippen LogP contribution >= 0.6 is 0 Å². The molecule has 2 aliphatic heterocycles. The summed E-state index contributed by atoms with van der Waals surface area (Å²) in [6, 6.07) is 4.23. The van der Waals surface area contributed by atoms with E-state index in [0.717, 1.165) is 19.4 Å². The number of phenolic OH excluding ortho intramolecular Hbond substituents is 1. The quantitative estimate of drug-likeness (QED) is 0.456. The fourth-order valence-corrected chi connectivity index (χ4v) is 5.24. The Hall–Kier alpha value is -1.72. The minimum Gasteiger partial charge on any atom is -0.504 e. The van der Waals surface area contributed by atoms with E-state index < -0.39 is 6.10 Å². The summed E-state index contributed by atoms with van der Waals surface area (Å²) in [4.78, 5) is 2.43. The van der Waals surface area contributed by atoms with E-state index in [4.69, 9.17) is 4.74 Å². The van der Waals surface area contributed by atoms with Gasteiger partial charge in [-0.2, -0.15) is 0 Å². The van der Waals surface area contributed by atoms with Crippen molar-refractivity contribution < 1.29 is 42.3 Å². The Kier molecular flexibility index (Phi) is 6.99. The Labute approximate surface area is 151 Å². The molecule has 4 aliphatic rings. The molecule has 5 atom stereocenters. The number of rotatable bonds is 0. The van der Waals surface area contributed by atoms with Crippen LogP contribution in [-0.2, 0) is 11.8 Å². The highest BCUT2D eigenvalue weighted by atomic mass is 16.5. The number of aromatic hydroxyl groups is 1. The highest BCUT2D eigenvalue weighted by molar-refractivity contribution is 5.61. The van der Waals surface area contributed by atoms with Crippen LogP contribution in [0, 0.1) is 5.92 Å². The van der Waals surface area contributed by atoms with Crippen molar-refractivity contribution in [3.8, 4) is 11.5 Å². The van der Waals surface area contributed by atoms with Crippen molar-refractivity contribution in [2.24, 2.45) is 5.92 Å². The van der Waals surface area contributed by atoms with Crippen molar-refractivity contribution in [2.45, 2.75) is 36.5 Å². The van der Waals surface area contributed by atoms with Gasteiger partial charge < -0.3 is 47.2 Å². The highest BCUT2D eigenvalue weighted by Gasteiger charge is 2.64. The van der Waals surface area contributed by atoms with Crippen LogP contribution in [0.3, 0.4) is 0 Å². The maximum atomic E-state index is 10.4. The fourth-order valence-electron chi connectivity index (χ4n) is 5.24. The van der Waals surface area contributed by atoms with Gasteiger partial charge in [-0.1, -0.05) is 18.2 Å². The summed E-state index contributed by atoms with van der Waals surface area (Å²) in [7, 11) is 2.19. The van der Waals surface area contributed by atoms with Crippen molar-refractivity contribution in [2.75, 3.05) is 13.6 Å². The number of hydrogen-bond donors (Lipinski definition) is 2. The van der Waals surface area contributed by atoms with E-state index in [9.17, 15) is 10.2 Å². The van der Waals surface area contributed by atoms with Crippen LogP contribution in [0.1, 0.15) is 17.5 Å². The Morgan fingerprint density at radius 2 is 1.81 bits per heavy atom. The van der Waals surface area contributed by atoms with E-state index in [1.54, 1.807) is 6.07 Å². The fraction of sp³-hybridized carbons (Fsp3) is 0.529. The van der Waals surface area contributed by atoms with Gasteiger partial charge in [0.25, 0.3) is 0 Å². The molecule has 5 unspecified atom stereocenters. The largest absolute Gasteiger partial charge is 0.504 e. The zero-order valence-corrected chi connectivity index (χ0v) is 14.5. The second-order valence-corrected chi connectivity index (χ2v) is 6.93. The number of likely N-dealkylation sites (tertiary alicyclic amines) is 1. The van der Waals surface area contributed by atoms with Crippen molar-refractivity contribution >= 4 is 0 Å². The summed E-state index contributed by atoms with van der Waals surface area (Å²) in [5.41, 5.74) is 2.29. The lowest BCUT2D eigenvalue weighted by molar-refractivity contribution is -0.0453. The Morgan fingerprint density at radius 1 is 1.12 bits per heavy atom. The van der Waals surface area contributed by atoms with E-state index >= 15 is 0 Å². The average Bonchev–Trinajstić information content (AvgIpc) is 2.83. The maximum absolute atomic E-state index is 10.4. The Balaban J connectivity index is 0.00000125. The second-order valence-electron chi connectivity index (χ2n) is 6.93. The number of likely N-dealkylation sites (N-methyl/N-ethyl adjacent to an activating group) is 1. The number of aliphatic hydroxyl groups is 1. The molecule has 0 amide bonds. The summed E-state index contributed by atoms with van der Waals surface area (Å²) >= 11 is 0. The Bertz CT molecular complexity index is 681. The first-order valence-corrected chi connectivity index (χ1v) is 7.71. The number of aliphatic hydroxyl groups excluding tert-OH is 1. The van der Waals surface area contributed by atoms with Gasteiger partial charge in [0, 0.05) is 22.9 Å². The molecule has 9 nitrogen and oxygen atoms in total. The number of hydrogen-bond acceptors (Lipinski definition) is 4. The van der Waals surface area contributed by atoms with E-state index in [2.05, 4.69) is 18.0 Å². The minimum atomic E-state index is -0.594. The van der Waals surface area contributed by atoms with Gasteiger partial charge in [-0.15, -0.1) is 0 Å². The van der Waals surface area contributed by atoms with Crippen LogP contribution < -0.4 is 4.74 Å². The van der Waals surface area contributed by atoms with E-state index in [-0.39, 0.29) is 44.6 Å². The topological polar surface area (TPSA) is 210 Å². The van der Waals surface area contributed by atoms with Gasteiger partial charge in [-0.05, 0) is 38.1 Å². The van der Waals surface area contributed by atoms with Gasteiger partial charge in [-0.3, -0.25) is 0 Å². The molecule has 1 aromatic carbocycles. The minimum absolute atomic E-state index is 0. The number of piperidine rings is 1. The predicted molar refractivity (Wildman–Crippen MR) is 95.6 cm³/mol. The zero-order chi connectivity index (χ0) is 14.4. The van der Waals surface area contributed by atoms with Crippen LogP contribution in [0.4, 0.5) is 0 Å². The number of benzene rings is 1. The molecular formula is C17H29NO8. The summed E-state index contributed by atoms with van der Waals surface area (Å²) in [5, 5.41) is 20.6. The van der Waals surface area contributed by atoms with E-state index in [1.807, 2.05) is 12.1 Å². The highest BCUT2D eigenvalue weighted by Crippen LogP contribution is 2.62. The van der Waals surface area contributed by atoms with Gasteiger partial charge in [0.15, 0.2) is 11.5 Å². The van der Waals surface area contributed by atoms with Gasteiger partial charge >= 0.3 is 0 Å². The molecule has 1 fully saturated rings. The average molecular weight is 375 g/mol. The molecule has 2 heterocycles. The van der Waals surface area contributed by atoms with Crippen molar-refractivity contribution in [3.05, 3.63) is 35.4 Å². The van der Waals surface area contributed by atoms with E-state index in [1.165, 1.54) is 11.1 Å². The molecule has 5 rings (SSSR count). The molecule has 150 valence electrons. The molecule has 9 heteroatoms. The molecule has 1 aromatic rings. The normalized spacial score (nSPS) is 34.4. The lowest BCUT2D eigenvalue weighted by atomic mass is 9.53. The molecule has 0 aromatic heterocycles. The Morgan fingerprint density at radius 3 is 2.50 bits per heavy atom. The van der Waals surface area contributed by atoms with Crippen LogP contribution in [0.5, 0.6) is 11.5 Å². The molecule has 0 saturated carbocycles. The van der Waals surface area contributed by atoms with Crippen molar-refractivity contribution in [1.82, 2.24) is 4.90 Å². The molecule has 1 saturated heterocycles. The molecule has 2 aliphatic carbocycles. The first kappa shape index (κ1) is 24.3. The standard InChI is InChI=1S/C17H19NO3.5H2O/c1-18-7-6-17-10-3-5-13(20)16(17)21-15-12(19)4-2-9(14(15)17)8-11(10)18;;;;;/h2-5,10-11,13,16,19-20H,6-8H2,1H3;5*1H2. The SMILES string of the molecule is CN1CCC23c4c5ccc(O)c4OC2C(O)C=CC3C1C5.O.O.O.O.O. The maximum Gasteiger partial charge on any atom is 0.165 e. The molecule has 26 heavy (non-hydrogen) atoms. The van der Waals surface area contributed by atoms with Crippen LogP contribution in [0.25, 0.3) is 0 Å². The smallest absolute Gasteiger partial charge is 0.165 e. The third-order valence-electron chi connectivity index (χ3n) is 6.15. The summed E-state index contributed by atoms with van der Waals surface area (Å²) in [6.07, 6.45) is 5.18. The lowest BCUT2D eigenvalue weighted by Crippen LogP contribution is -2.64. The number of nitrogens with zero attached hydrogens (tertiary/aromatic N) is 1. The molecule has 12 N–H and O–H groups in total. The number of ether oxygens (including phenoxy) is 1. The summed E-state index contributed by atoms with van der Waals surface area (Å²) < 4.78 is 6.09. The zero-order valence-electron chi connectivity index (χ0n) is 14.5. The lowest BCUT2D eigenvalue weighted by Gasteiger charge is -2.56. The van der Waals surface area contributed by atoms with Crippen LogP contribution in [0.15, 0.2) is 24.3 Å². The first-order valence-electron chi connectivity index (χ1n) is 7.71. The summed E-state index contributed by atoms with van der Waals surface area (Å²) in [6.45, 7) is 1.01. The number of phenols is 1. The van der Waals surface area contributed by atoms with Crippen LogP contribution in [0.2, 0.25) is 0 Å². The molecule has 1 spiro atoms. The summed E-state index contributed by atoms with van der Waals surface area (Å²) in [5.74, 6) is 1.19. The third kappa shape index (κ3) is 2.44. The molecule has 0 radical (unpaired) electrons. The van der Waals surface area contributed by atoms with Gasteiger partial charge in [0.2, 0.25) is 0 Å². The third-order valence-corrected chi connectivity index (χ3v) is 6.15. The predicted octanol–water partition coefficient (Wildman–Crippen LogP) is -2.93. The van der Waals surface area contributed by atoms with E-state index in [0.29, 0.717) is 17.7 Å². The van der Waals surface area contributed by atoms with Crippen molar-refractivity contribution in [3.63, 3.8) is 0 Å². The first-order chi connectivity index (χ1) is 10.1. The van der Waals surface area contributed by atoms with Gasteiger partial charge in [0.05, 0.1) is 0 Å². The van der Waals surface area contributed by atoms with Crippen molar-refractivity contribution in [1.29, 1.82) is 0 Å².